The normalized spacial score (nSPS) is 29.4. The minimum absolute atomic E-state index is 0.258. The maximum Gasteiger partial charge on any atom is 0.150 e. The largest absolute Gasteiger partial charge is 0.327 e. The van der Waals surface area contributed by atoms with Crippen molar-refractivity contribution in [3.63, 3.8) is 0 Å². The zero-order valence-electron chi connectivity index (χ0n) is 13.0. The van der Waals surface area contributed by atoms with E-state index < -0.39 is 9.84 Å². The van der Waals surface area contributed by atoms with Crippen molar-refractivity contribution in [1.82, 2.24) is 0 Å². The molecule has 0 aromatic carbocycles. The summed E-state index contributed by atoms with van der Waals surface area (Å²) in [6.45, 7) is 8.62. The molecule has 1 rings (SSSR count). The van der Waals surface area contributed by atoms with Crippen LogP contribution in [0.5, 0.6) is 0 Å². The predicted molar refractivity (Wildman–Crippen MR) is 81.8 cm³/mol. The molecule has 0 bridgehead atoms. The van der Waals surface area contributed by atoms with Crippen LogP contribution in [-0.2, 0) is 9.84 Å². The molecule has 0 spiro atoms. The highest BCUT2D eigenvalue weighted by atomic mass is 32.2. The highest BCUT2D eigenvalue weighted by Crippen LogP contribution is 2.41. The Labute approximate surface area is 119 Å². The van der Waals surface area contributed by atoms with Crippen LogP contribution in [0.3, 0.4) is 0 Å². The van der Waals surface area contributed by atoms with E-state index in [0.717, 1.165) is 31.6 Å². The molecule has 0 saturated heterocycles. The average Bonchev–Trinajstić information content (AvgIpc) is 2.30. The Hall–Kier alpha value is -0.0900. The summed E-state index contributed by atoms with van der Waals surface area (Å²) in [7, 11) is -2.82. The fourth-order valence-electron chi connectivity index (χ4n) is 3.12. The fourth-order valence-corrected chi connectivity index (χ4v) is 4.01. The van der Waals surface area contributed by atoms with Crippen molar-refractivity contribution in [2.45, 2.75) is 65.8 Å². The van der Waals surface area contributed by atoms with E-state index in [4.69, 9.17) is 5.73 Å². The Morgan fingerprint density at radius 3 is 2.37 bits per heavy atom. The Balaban J connectivity index is 2.47. The van der Waals surface area contributed by atoms with E-state index in [1.165, 1.54) is 6.42 Å². The molecule has 0 amide bonds. The third kappa shape index (κ3) is 5.42. The van der Waals surface area contributed by atoms with Crippen molar-refractivity contribution in [1.29, 1.82) is 0 Å². The minimum atomic E-state index is -2.82. The first-order valence-electron chi connectivity index (χ1n) is 7.61. The summed E-state index contributed by atoms with van der Waals surface area (Å²) in [5.41, 5.74) is 6.56. The van der Waals surface area contributed by atoms with Gasteiger partial charge in [-0.25, -0.2) is 8.42 Å². The third-order valence-corrected chi connectivity index (χ3v) is 6.53. The van der Waals surface area contributed by atoms with Gasteiger partial charge in [-0.2, -0.15) is 0 Å². The first kappa shape index (κ1) is 17.0. The van der Waals surface area contributed by atoms with Crippen LogP contribution in [0.2, 0.25) is 0 Å². The van der Waals surface area contributed by atoms with Gasteiger partial charge in [0.25, 0.3) is 0 Å². The van der Waals surface area contributed by atoms with E-state index in [2.05, 4.69) is 20.8 Å². The summed E-state index contributed by atoms with van der Waals surface area (Å²) in [5.74, 6) is 1.81. The molecular weight excluding hydrogens is 258 g/mol. The van der Waals surface area contributed by atoms with E-state index in [9.17, 15) is 8.42 Å². The molecule has 1 saturated carbocycles. The van der Waals surface area contributed by atoms with Crippen LogP contribution in [0.1, 0.15) is 59.8 Å². The van der Waals surface area contributed by atoms with Crippen LogP contribution in [0.25, 0.3) is 0 Å². The molecule has 1 aliphatic carbocycles. The zero-order chi connectivity index (χ0) is 14.7. The van der Waals surface area contributed by atoms with Crippen molar-refractivity contribution >= 4 is 9.84 Å². The van der Waals surface area contributed by atoms with Gasteiger partial charge in [-0.3, -0.25) is 0 Å². The van der Waals surface area contributed by atoms with E-state index >= 15 is 0 Å². The standard InChI is InChI=1S/C15H31NO2S/c1-5-19(17,18)10-6-7-12-11-13(15(2,3)4)8-9-14(12)16/h12-14H,5-11,16H2,1-4H3. The lowest BCUT2D eigenvalue weighted by Crippen LogP contribution is -2.39. The van der Waals surface area contributed by atoms with E-state index in [0.29, 0.717) is 17.1 Å². The highest BCUT2D eigenvalue weighted by Gasteiger charge is 2.34. The van der Waals surface area contributed by atoms with Crippen molar-refractivity contribution in [2.75, 3.05) is 11.5 Å². The van der Waals surface area contributed by atoms with Crippen LogP contribution in [0, 0.1) is 17.3 Å². The van der Waals surface area contributed by atoms with Crippen LogP contribution in [-0.4, -0.2) is 26.0 Å². The molecule has 4 heteroatoms. The third-order valence-electron chi connectivity index (χ3n) is 4.74. The molecule has 0 heterocycles. The Morgan fingerprint density at radius 1 is 1.21 bits per heavy atom. The second kappa shape index (κ2) is 6.57. The monoisotopic (exact) mass is 289 g/mol. The molecular formula is C15H31NO2S. The molecule has 19 heavy (non-hydrogen) atoms. The van der Waals surface area contributed by atoms with Gasteiger partial charge in [0, 0.05) is 11.8 Å². The van der Waals surface area contributed by atoms with Gasteiger partial charge in [0.1, 0.15) is 9.84 Å². The molecule has 0 radical (unpaired) electrons. The van der Waals surface area contributed by atoms with E-state index in [1.807, 2.05) is 0 Å². The van der Waals surface area contributed by atoms with Gasteiger partial charge >= 0.3 is 0 Å². The van der Waals surface area contributed by atoms with Crippen LogP contribution < -0.4 is 5.73 Å². The molecule has 3 unspecified atom stereocenters. The van der Waals surface area contributed by atoms with Gasteiger partial charge in [-0.15, -0.1) is 0 Å². The number of rotatable bonds is 5. The fraction of sp³-hybridized carbons (Fsp3) is 1.00. The predicted octanol–water partition coefficient (Wildman–Crippen LogP) is 2.99. The maximum absolute atomic E-state index is 11.5. The van der Waals surface area contributed by atoms with Crippen LogP contribution in [0.15, 0.2) is 0 Å². The lowest BCUT2D eigenvalue weighted by atomic mass is 9.67. The van der Waals surface area contributed by atoms with Crippen molar-refractivity contribution in [3.05, 3.63) is 0 Å². The molecule has 0 aliphatic heterocycles. The second-order valence-corrected chi connectivity index (χ2v) is 9.65. The average molecular weight is 289 g/mol. The van der Waals surface area contributed by atoms with E-state index in [1.54, 1.807) is 6.92 Å². The Bertz CT molecular complexity index is 370. The summed E-state index contributed by atoms with van der Waals surface area (Å²) in [4.78, 5) is 0. The van der Waals surface area contributed by atoms with Crippen molar-refractivity contribution in [3.8, 4) is 0 Å². The molecule has 0 aromatic heterocycles. The number of sulfone groups is 1. The first-order chi connectivity index (χ1) is 8.65. The number of hydrogen-bond acceptors (Lipinski definition) is 3. The SMILES string of the molecule is CCS(=O)(=O)CCCC1CC(C(C)(C)C)CCC1N. The van der Waals surface area contributed by atoms with Gasteiger partial charge in [-0.05, 0) is 49.4 Å². The van der Waals surface area contributed by atoms with Crippen molar-refractivity contribution in [2.24, 2.45) is 23.0 Å². The quantitative estimate of drug-likeness (QED) is 0.846. The lowest BCUT2D eigenvalue weighted by molar-refractivity contribution is 0.122. The molecule has 2 N–H and O–H groups in total. The van der Waals surface area contributed by atoms with Crippen LogP contribution >= 0.6 is 0 Å². The summed E-state index contributed by atoms with van der Waals surface area (Å²) < 4.78 is 23.0. The number of hydrogen-bond donors (Lipinski definition) is 1. The van der Waals surface area contributed by atoms with Gasteiger partial charge in [0.05, 0.1) is 5.75 Å². The van der Waals surface area contributed by atoms with Gasteiger partial charge in [0.2, 0.25) is 0 Å². The second-order valence-electron chi connectivity index (χ2n) is 7.18. The van der Waals surface area contributed by atoms with Crippen LogP contribution in [0.4, 0.5) is 0 Å². The Morgan fingerprint density at radius 2 is 1.84 bits per heavy atom. The van der Waals surface area contributed by atoms with Crippen molar-refractivity contribution < 1.29 is 8.42 Å². The zero-order valence-corrected chi connectivity index (χ0v) is 13.8. The summed E-state index contributed by atoms with van der Waals surface area (Å²) in [6.07, 6.45) is 5.21. The first-order valence-corrected chi connectivity index (χ1v) is 9.44. The highest BCUT2D eigenvalue weighted by molar-refractivity contribution is 7.91. The van der Waals surface area contributed by atoms with Gasteiger partial charge in [0.15, 0.2) is 0 Å². The molecule has 1 aliphatic rings. The topological polar surface area (TPSA) is 60.2 Å². The molecule has 114 valence electrons. The summed E-state index contributed by atoms with van der Waals surface area (Å²) in [5, 5.41) is 0. The lowest BCUT2D eigenvalue weighted by Gasteiger charge is -2.40. The minimum Gasteiger partial charge on any atom is -0.327 e. The summed E-state index contributed by atoms with van der Waals surface area (Å²) >= 11 is 0. The van der Waals surface area contributed by atoms with Gasteiger partial charge < -0.3 is 5.73 Å². The summed E-state index contributed by atoms with van der Waals surface area (Å²) in [6, 6.07) is 0.267. The van der Waals surface area contributed by atoms with Gasteiger partial charge in [-0.1, -0.05) is 27.7 Å². The number of nitrogens with two attached hydrogens (primary N) is 1. The maximum atomic E-state index is 11.5. The molecule has 3 nitrogen and oxygen atoms in total. The molecule has 1 fully saturated rings. The molecule has 3 atom stereocenters. The molecule has 0 aromatic rings. The smallest absolute Gasteiger partial charge is 0.150 e. The van der Waals surface area contributed by atoms with E-state index in [-0.39, 0.29) is 11.8 Å². The Kier molecular flexibility index (Phi) is 5.87.